The molecule has 0 spiro atoms. The van der Waals surface area contributed by atoms with Gasteiger partial charge in [-0.05, 0) is 47.1 Å². The Balaban J connectivity index is 2.37. The van der Waals surface area contributed by atoms with Gasteiger partial charge in [0, 0.05) is 25.4 Å². The molecule has 1 saturated heterocycles. The number of aliphatic hydroxyl groups is 1. The van der Waals surface area contributed by atoms with Crippen LogP contribution in [0.5, 0.6) is 5.75 Å². The van der Waals surface area contributed by atoms with Crippen molar-refractivity contribution in [1.29, 1.82) is 0 Å². The van der Waals surface area contributed by atoms with Crippen LogP contribution in [0.3, 0.4) is 0 Å². The standard InChI is InChI=1S/C18H29NO2S/c1-12(2)15-10-14(11-16(13(3)4)17(15)21)18-19(6-5-8-20)7-9-22-18/h10-13,18,20-21H,5-9H2,1-4H3. The van der Waals surface area contributed by atoms with Crippen LogP contribution < -0.4 is 0 Å². The van der Waals surface area contributed by atoms with Gasteiger partial charge in [0.15, 0.2) is 0 Å². The van der Waals surface area contributed by atoms with E-state index in [-0.39, 0.29) is 6.61 Å². The molecule has 2 N–H and O–H groups in total. The maximum absolute atomic E-state index is 10.6. The number of phenols is 1. The fourth-order valence-electron chi connectivity index (χ4n) is 3.04. The van der Waals surface area contributed by atoms with Crippen LogP contribution in [-0.4, -0.2) is 40.6 Å². The summed E-state index contributed by atoms with van der Waals surface area (Å²) in [4.78, 5) is 2.45. The van der Waals surface area contributed by atoms with Crippen molar-refractivity contribution in [2.45, 2.75) is 51.3 Å². The van der Waals surface area contributed by atoms with E-state index in [0.717, 1.165) is 36.4 Å². The monoisotopic (exact) mass is 323 g/mol. The zero-order valence-electron chi connectivity index (χ0n) is 14.2. The lowest BCUT2D eigenvalue weighted by atomic mass is 9.91. The Morgan fingerprint density at radius 2 is 1.77 bits per heavy atom. The molecular weight excluding hydrogens is 294 g/mol. The largest absolute Gasteiger partial charge is 0.507 e. The third-order valence-corrected chi connectivity index (χ3v) is 5.61. The molecule has 1 aromatic carbocycles. The Morgan fingerprint density at radius 1 is 1.18 bits per heavy atom. The van der Waals surface area contributed by atoms with E-state index >= 15 is 0 Å². The molecule has 1 atom stereocenters. The van der Waals surface area contributed by atoms with Crippen molar-refractivity contribution in [2.24, 2.45) is 0 Å². The minimum Gasteiger partial charge on any atom is -0.507 e. The Morgan fingerprint density at radius 3 is 2.27 bits per heavy atom. The number of phenolic OH excluding ortho intramolecular Hbond substituents is 1. The Hall–Kier alpha value is -0.710. The van der Waals surface area contributed by atoms with Crippen LogP contribution in [0.25, 0.3) is 0 Å². The van der Waals surface area contributed by atoms with E-state index in [4.69, 9.17) is 5.11 Å². The molecule has 0 aromatic heterocycles. The van der Waals surface area contributed by atoms with Gasteiger partial charge in [-0.3, -0.25) is 4.90 Å². The topological polar surface area (TPSA) is 43.7 Å². The molecular formula is C18H29NO2S. The summed E-state index contributed by atoms with van der Waals surface area (Å²) < 4.78 is 0. The molecule has 1 aliphatic heterocycles. The lowest BCUT2D eigenvalue weighted by molar-refractivity contribution is 0.230. The number of hydrogen-bond acceptors (Lipinski definition) is 4. The number of rotatable bonds is 6. The number of aliphatic hydroxyl groups excluding tert-OH is 1. The molecule has 0 amide bonds. The number of aromatic hydroxyl groups is 1. The molecule has 124 valence electrons. The van der Waals surface area contributed by atoms with Crippen molar-refractivity contribution in [1.82, 2.24) is 4.90 Å². The molecule has 0 bridgehead atoms. The normalized spacial score (nSPS) is 19.5. The molecule has 1 aromatic rings. The van der Waals surface area contributed by atoms with Gasteiger partial charge in [0.25, 0.3) is 0 Å². The van der Waals surface area contributed by atoms with Gasteiger partial charge in [0.1, 0.15) is 5.75 Å². The second kappa shape index (κ2) is 7.71. The highest BCUT2D eigenvalue weighted by Crippen LogP contribution is 2.43. The lowest BCUT2D eigenvalue weighted by Crippen LogP contribution is -2.25. The van der Waals surface area contributed by atoms with Crippen molar-refractivity contribution in [3.8, 4) is 5.75 Å². The summed E-state index contributed by atoms with van der Waals surface area (Å²) in [5.74, 6) is 2.23. The lowest BCUT2D eigenvalue weighted by Gasteiger charge is -2.26. The SMILES string of the molecule is CC(C)c1cc(C2SCCN2CCCO)cc(C(C)C)c1O. The van der Waals surface area contributed by atoms with Gasteiger partial charge in [-0.2, -0.15) is 0 Å². The molecule has 4 heteroatoms. The third-order valence-electron chi connectivity index (χ3n) is 4.31. The summed E-state index contributed by atoms with van der Waals surface area (Å²) in [6, 6.07) is 4.36. The molecule has 22 heavy (non-hydrogen) atoms. The Bertz CT molecular complexity index is 473. The highest BCUT2D eigenvalue weighted by atomic mass is 32.2. The molecule has 1 heterocycles. The average Bonchev–Trinajstić information content (AvgIpc) is 2.93. The van der Waals surface area contributed by atoms with E-state index in [0.29, 0.717) is 23.0 Å². The van der Waals surface area contributed by atoms with Gasteiger partial charge < -0.3 is 10.2 Å². The van der Waals surface area contributed by atoms with Crippen LogP contribution >= 0.6 is 11.8 Å². The van der Waals surface area contributed by atoms with Crippen molar-refractivity contribution >= 4 is 11.8 Å². The average molecular weight is 324 g/mol. The van der Waals surface area contributed by atoms with Crippen molar-refractivity contribution in [3.05, 3.63) is 28.8 Å². The number of nitrogens with zero attached hydrogens (tertiary/aromatic N) is 1. The first-order valence-electron chi connectivity index (χ1n) is 8.28. The highest BCUT2D eigenvalue weighted by molar-refractivity contribution is 7.99. The van der Waals surface area contributed by atoms with Gasteiger partial charge in [0.2, 0.25) is 0 Å². The molecule has 1 unspecified atom stereocenters. The van der Waals surface area contributed by atoms with Crippen LogP contribution in [0, 0.1) is 0 Å². The van der Waals surface area contributed by atoms with E-state index < -0.39 is 0 Å². The van der Waals surface area contributed by atoms with Crippen LogP contribution in [0.1, 0.15) is 68.0 Å². The molecule has 0 saturated carbocycles. The summed E-state index contributed by atoms with van der Waals surface area (Å²) >= 11 is 1.96. The number of hydrogen-bond donors (Lipinski definition) is 2. The number of thioether (sulfide) groups is 1. The molecule has 0 radical (unpaired) electrons. The van der Waals surface area contributed by atoms with Crippen LogP contribution in [0.15, 0.2) is 12.1 Å². The zero-order chi connectivity index (χ0) is 16.3. The van der Waals surface area contributed by atoms with Crippen molar-refractivity contribution in [3.63, 3.8) is 0 Å². The molecule has 1 fully saturated rings. The van der Waals surface area contributed by atoms with Gasteiger partial charge in [0.05, 0.1) is 5.37 Å². The zero-order valence-corrected chi connectivity index (χ0v) is 15.0. The van der Waals surface area contributed by atoms with Crippen LogP contribution in [0.4, 0.5) is 0 Å². The quantitative estimate of drug-likeness (QED) is 0.828. The third kappa shape index (κ3) is 3.79. The second-order valence-corrected chi connectivity index (χ2v) is 7.88. The summed E-state index contributed by atoms with van der Waals surface area (Å²) in [5, 5.41) is 20.0. The van der Waals surface area contributed by atoms with Crippen LogP contribution in [0.2, 0.25) is 0 Å². The number of benzene rings is 1. The van der Waals surface area contributed by atoms with E-state index in [2.05, 4.69) is 44.7 Å². The minimum atomic E-state index is 0.248. The van der Waals surface area contributed by atoms with Crippen LogP contribution in [-0.2, 0) is 0 Å². The molecule has 1 aliphatic rings. The second-order valence-electron chi connectivity index (χ2n) is 6.69. The maximum atomic E-state index is 10.6. The van der Waals surface area contributed by atoms with Gasteiger partial charge in [-0.25, -0.2) is 0 Å². The maximum Gasteiger partial charge on any atom is 0.122 e. The molecule has 2 rings (SSSR count). The molecule has 0 aliphatic carbocycles. The molecule has 3 nitrogen and oxygen atoms in total. The van der Waals surface area contributed by atoms with Gasteiger partial charge in [-0.15, -0.1) is 11.8 Å². The van der Waals surface area contributed by atoms with E-state index in [9.17, 15) is 5.11 Å². The smallest absolute Gasteiger partial charge is 0.122 e. The first kappa shape index (κ1) is 17.6. The summed E-state index contributed by atoms with van der Waals surface area (Å²) in [7, 11) is 0. The summed E-state index contributed by atoms with van der Waals surface area (Å²) in [5.41, 5.74) is 3.40. The highest BCUT2D eigenvalue weighted by Gasteiger charge is 2.28. The first-order chi connectivity index (χ1) is 10.5. The predicted molar refractivity (Wildman–Crippen MR) is 94.8 cm³/mol. The van der Waals surface area contributed by atoms with E-state index in [1.807, 2.05) is 11.8 Å². The van der Waals surface area contributed by atoms with Crippen molar-refractivity contribution in [2.75, 3.05) is 25.4 Å². The fourth-order valence-corrected chi connectivity index (χ4v) is 4.35. The Kier molecular flexibility index (Phi) is 6.18. The van der Waals surface area contributed by atoms with E-state index in [1.165, 1.54) is 5.56 Å². The summed E-state index contributed by atoms with van der Waals surface area (Å²) in [6.45, 7) is 10.8. The van der Waals surface area contributed by atoms with Crippen molar-refractivity contribution < 1.29 is 10.2 Å². The summed E-state index contributed by atoms with van der Waals surface area (Å²) in [6.07, 6.45) is 0.823. The fraction of sp³-hybridized carbons (Fsp3) is 0.667. The van der Waals surface area contributed by atoms with Gasteiger partial charge in [-0.1, -0.05) is 27.7 Å². The minimum absolute atomic E-state index is 0.248. The van der Waals surface area contributed by atoms with Gasteiger partial charge >= 0.3 is 0 Å². The van der Waals surface area contributed by atoms with E-state index in [1.54, 1.807) is 0 Å². The Labute approximate surface area is 138 Å². The first-order valence-corrected chi connectivity index (χ1v) is 9.33. The predicted octanol–water partition coefficient (Wildman–Crippen LogP) is 4.07.